The van der Waals surface area contributed by atoms with Crippen molar-refractivity contribution in [3.05, 3.63) is 23.8 Å². The number of rotatable bonds is 4. The predicted octanol–water partition coefficient (Wildman–Crippen LogP) is -0.200. The van der Waals surface area contributed by atoms with Crippen molar-refractivity contribution in [2.45, 2.75) is 11.8 Å². The number of hydrogen-bond acceptors (Lipinski definition) is 4. The zero-order valence-corrected chi connectivity index (χ0v) is 10.5. The Hall–Kier alpha value is -1.44. The molecule has 1 aromatic carbocycles. The lowest BCUT2D eigenvalue weighted by atomic mass is 10.2. The van der Waals surface area contributed by atoms with Gasteiger partial charge in [-0.15, -0.1) is 0 Å². The molecule has 1 aromatic rings. The van der Waals surface area contributed by atoms with Crippen LogP contribution in [0.4, 0.5) is 5.69 Å². The second-order valence-electron chi connectivity index (χ2n) is 3.44. The maximum absolute atomic E-state index is 11.6. The summed E-state index contributed by atoms with van der Waals surface area (Å²) in [6, 6.07) is 4.49. The molecule has 0 bridgehead atoms. The minimum absolute atomic E-state index is 0.0953. The largest absolute Gasteiger partial charge is 0.325 e. The van der Waals surface area contributed by atoms with Crippen LogP contribution in [0, 0.1) is 6.92 Å². The molecule has 0 spiro atoms. The lowest BCUT2D eigenvalue weighted by molar-refractivity contribution is -0.114. The number of aryl methyl sites for hydroxylation is 1. The molecule has 1 amide bonds. The average molecular weight is 257 g/mol. The lowest BCUT2D eigenvalue weighted by Gasteiger charge is -2.10. The summed E-state index contributed by atoms with van der Waals surface area (Å²) in [5.74, 6) is -0.368. The summed E-state index contributed by atoms with van der Waals surface area (Å²) in [6.07, 6.45) is 0. The molecule has 17 heavy (non-hydrogen) atoms. The maximum atomic E-state index is 11.6. The average Bonchev–Trinajstić information content (AvgIpc) is 2.31. The Balaban J connectivity index is 3.15. The van der Waals surface area contributed by atoms with E-state index in [-0.39, 0.29) is 17.3 Å². The first-order valence-electron chi connectivity index (χ1n) is 4.95. The third-order valence-corrected chi connectivity index (χ3v) is 3.66. The van der Waals surface area contributed by atoms with Crippen LogP contribution in [0.3, 0.4) is 0 Å². The van der Waals surface area contributed by atoms with Crippen molar-refractivity contribution >= 4 is 21.6 Å². The van der Waals surface area contributed by atoms with Crippen LogP contribution in [0.15, 0.2) is 23.1 Å². The molecule has 0 aliphatic carbocycles. The molecular weight excluding hydrogens is 242 g/mol. The molecule has 6 nitrogen and oxygen atoms in total. The van der Waals surface area contributed by atoms with Gasteiger partial charge < -0.3 is 11.1 Å². The molecule has 4 N–H and O–H groups in total. The number of anilines is 1. The monoisotopic (exact) mass is 257 g/mol. The Morgan fingerprint density at radius 1 is 1.41 bits per heavy atom. The third-order valence-electron chi connectivity index (χ3n) is 2.25. The van der Waals surface area contributed by atoms with Gasteiger partial charge in [-0.2, -0.15) is 0 Å². The molecule has 0 heterocycles. The predicted molar refractivity (Wildman–Crippen MR) is 65.1 cm³/mol. The van der Waals surface area contributed by atoms with Crippen LogP contribution >= 0.6 is 0 Å². The van der Waals surface area contributed by atoms with Crippen LogP contribution in [0.25, 0.3) is 0 Å². The second-order valence-corrected chi connectivity index (χ2v) is 5.32. The fraction of sp³-hybridized carbons (Fsp3) is 0.300. The van der Waals surface area contributed by atoms with Crippen LogP contribution in [0.1, 0.15) is 5.56 Å². The lowest BCUT2D eigenvalue weighted by Crippen LogP contribution is -2.23. The minimum Gasteiger partial charge on any atom is -0.325 e. The van der Waals surface area contributed by atoms with E-state index in [1.807, 2.05) is 0 Å². The zero-order valence-electron chi connectivity index (χ0n) is 9.65. The minimum atomic E-state index is -3.51. The number of nitrogens with one attached hydrogen (secondary N) is 2. The van der Waals surface area contributed by atoms with Gasteiger partial charge in [-0.05, 0) is 31.7 Å². The van der Waals surface area contributed by atoms with Crippen LogP contribution in [0.5, 0.6) is 0 Å². The van der Waals surface area contributed by atoms with Gasteiger partial charge in [-0.3, -0.25) is 4.79 Å². The van der Waals surface area contributed by atoms with Gasteiger partial charge in [0.25, 0.3) is 0 Å². The molecule has 94 valence electrons. The molecule has 0 aliphatic rings. The molecular formula is C10H15N3O3S. The van der Waals surface area contributed by atoms with E-state index < -0.39 is 10.0 Å². The molecule has 0 atom stereocenters. The SMILES string of the molecule is CNS(=O)(=O)c1ccc(C)c(NC(=O)CN)c1. The Morgan fingerprint density at radius 2 is 2.06 bits per heavy atom. The zero-order chi connectivity index (χ0) is 13.1. The standard InChI is InChI=1S/C10H15N3O3S/c1-7-3-4-8(17(15,16)12-2)5-9(7)13-10(14)6-11/h3-5,12H,6,11H2,1-2H3,(H,13,14). The highest BCUT2D eigenvalue weighted by Gasteiger charge is 2.13. The fourth-order valence-electron chi connectivity index (χ4n) is 1.22. The van der Waals surface area contributed by atoms with Crippen molar-refractivity contribution in [2.24, 2.45) is 5.73 Å². The van der Waals surface area contributed by atoms with Crippen LogP contribution < -0.4 is 15.8 Å². The summed E-state index contributed by atoms with van der Waals surface area (Å²) in [7, 11) is -2.19. The summed E-state index contributed by atoms with van der Waals surface area (Å²) in [6.45, 7) is 1.62. The highest BCUT2D eigenvalue weighted by atomic mass is 32.2. The third kappa shape index (κ3) is 3.26. The van der Waals surface area contributed by atoms with Crippen molar-refractivity contribution in [1.29, 1.82) is 0 Å². The molecule has 1 rings (SSSR count). The fourth-order valence-corrected chi connectivity index (χ4v) is 1.98. The van der Waals surface area contributed by atoms with E-state index in [4.69, 9.17) is 5.73 Å². The van der Waals surface area contributed by atoms with Gasteiger partial charge in [0.2, 0.25) is 15.9 Å². The van der Waals surface area contributed by atoms with E-state index in [0.717, 1.165) is 5.56 Å². The topological polar surface area (TPSA) is 101 Å². The van der Waals surface area contributed by atoms with E-state index >= 15 is 0 Å². The van der Waals surface area contributed by atoms with Crippen molar-refractivity contribution in [3.8, 4) is 0 Å². The molecule has 0 fully saturated rings. The summed E-state index contributed by atoms with van der Waals surface area (Å²) < 4.78 is 25.3. The van der Waals surface area contributed by atoms with Gasteiger partial charge in [0.05, 0.1) is 11.4 Å². The Bertz CT molecular complexity index is 526. The number of carbonyl (C=O) groups is 1. The number of sulfonamides is 1. The Morgan fingerprint density at radius 3 is 2.59 bits per heavy atom. The molecule has 0 radical (unpaired) electrons. The van der Waals surface area contributed by atoms with E-state index in [0.29, 0.717) is 5.69 Å². The van der Waals surface area contributed by atoms with E-state index in [1.165, 1.54) is 19.2 Å². The second kappa shape index (κ2) is 5.26. The van der Waals surface area contributed by atoms with Crippen molar-refractivity contribution < 1.29 is 13.2 Å². The van der Waals surface area contributed by atoms with E-state index in [2.05, 4.69) is 10.0 Å². The number of benzene rings is 1. The first kappa shape index (κ1) is 13.6. The molecule has 0 unspecified atom stereocenters. The molecule has 0 aliphatic heterocycles. The van der Waals surface area contributed by atoms with Gasteiger partial charge in [0.15, 0.2) is 0 Å². The van der Waals surface area contributed by atoms with Gasteiger partial charge in [-0.25, -0.2) is 13.1 Å². The summed E-state index contributed by atoms with van der Waals surface area (Å²) in [5, 5.41) is 2.54. The molecule has 7 heteroatoms. The summed E-state index contributed by atoms with van der Waals surface area (Å²) in [5.41, 5.74) is 6.38. The number of carbonyl (C=O) groups excluding carboxylic acids is 1. The quantitative estimate of drug-likeness (QED) is 0.695. The van der Waals surface area contributed by atoms with Gasteiger partial charge in [0.1, 0.15) is 0 Å². The van der Waals surface area contributed by atoms with Gasteiger partial charge in [0, 0.05) is 5.69 Å². The van der Waals surface area contributed by atoms with Gasteiger partial charge in [-0.1, -0.05) is 6.07 Å². The van der Waals surface area contributed by atoms with Crippen LogP contribution in [0.2, 0.25) is 0 Å². The molecule has 0 aromatic heterocycles. The number of nitrogens with two attached hydrogens (primary N) is 1. The first-order valence-corrected chi connectivity index (χ1v) is 6.43. The van der Waals surface area contributed by atoms with Gasteiger partial charge >= 0.3 is 0 Å². The van der Waals surface area contributed by atoms with Crippen molar-refractivity contribution in [1.82, 2.24) is 4.72 Å². The van der Waals surface area contributed by atoms with E-state index in [9.17, 15) is 13.2 Å². The highest BCUT2D eigenvalue weighted by Crippen LogP contribution is 2.19. The highest BCUT2D eigenvalue weighted by molar-refractivity contribution is 7.89. The normalized spacial score (nSPS) is 11.2. The Labute approximate surface area is 100 Å². The number of hydrogen-bond donors (Lipinski definition) is 3. The van der Waals surface area contributed by atoms with Crippen LogP contribution in [-0.4, -0.2) is 27.9 Å². The van der Waals surface area contributed by atoms with Crippen molar-refractivity contribution in [3.63, 3.8) is 0 Å². The van der Waals surface area contributed by atoms with Crippen LogP contribution in [-0.2, 0) is 14.8 Å². The first-order chi connectivity index (χ1) is 7.90. The van der Waals surface area contributed by atoms with E-state index in [1.54, 1.807) is 13.0 Å². The van der Waals surface area contributed by atoms with Crippen molar-refractivity contribution in [2.75, 3.05) is 18.9 Å². The Kier molecular flexibility index (Phi) is 4.22. The summed E-state index contributed by atoms with van der Waals surface area (Å²) >= 11 is 0. The smallest absolute Gasteiger partial charge is 0.240 e. The molecule has 0 saturated carbocycles. The maximum Gasteiger partial charge on any atom is 0.240 e. The summed E-state index contributed by atoms with van der Waals surface area (Å²) in [4.78, 5) is 11.3. The number of amides is 1. The molecule has 0 saturated heterocycles.